The summed E-state index contributed by atoms with van der Waals surface area (Å²) in [6.07, 6.45) is 0. The molecule has 66 heavy (non-hydrogen) atoms. The van der Waals surface area contributed by atoms with Crippen molar-refractivity contribution in [3.8, 4) is 83.8 Å². The Bertz CT molecular complexity index is 3340. The van der Waals surface area contributed by atoms with Crippen LogP contribution >= 0.6 is 0 Å². The number of hydrogen-bond donors (Lipinski definition) is 0. The van der Waals surface area contributed by atoms with E-state index in [2.05, 4.69) is 283 Å². The highest BCUT2D eigenvalue weighted by atomic mass is 15.3. The van der Waals surface area contributed by atoms with Crippen molar-refractivity contribution in [2.75, 3.05) is 4.90 Å². The Morgan fingerprint density at radius 3 is 1.15 bits per heavy atom. The molecule has 0 saturated carbocycles. The average Bonchev–Trinajstić information content (AvgIpc) is 3.86. The molecule has 11 rings (SSSR count). The average molecular weight is 844 g/mol. The minimum Gasteiger partial charge on any atom is -0.311 e. The first-order valence-electron chi connectivity index (χ1n) is 22.5. The third kappa shape index (κ3) is 8.14. The summed E-state index contributed by atoms with van der Waals surface area (Å²) < 4.78 is 2.10. The number of nitrogens with zero attached hydrogens (tertiary/aromatic N) is 3. The van der Waals surface area contributed by atoms with E-state index < -0.39 is 0 Å². The van der Waals surface area contributed by atoms with Gasteiger partial charge < -0.3 is 4.90 Å². The van der Waals surface area contributed by atoms with Crippen LogP contribution in [0.25, 0.3) is 83.8 Å². The number of para-hydroxylation sites is 2. The van der Waals surface area contributed by atoms with E-state index in [1.54, 1.807) is 0 Å². The Balaban J connectivity index is 0.952. The van der Waals surface area contributed by atoms with Crippen LogP contribution in [-0.2, 0) is 0 Å². The number of aromatic nitrogens is 2. The molecule has 11 aromatic rings. The van der Waals surface area contributed by atoms with Crippen LogP contribution in [0.5, 0.6) is 0 Å². The van der Waals surface area contributed by atoms with Crippen LogP contribution < -0.4 is 4.90 Å². The van der Waals surface area contributed by atoms with E-state index in [4.69, 9.17) is 5.10 Å². The van der Waals surface area contributed by atoms with Gasteiger partial charge in [0, 0.05) is 28.2 Å². The lowest BCUT2D eigenvalue weighted by molar-refractivity contribution is 0.892. The summed E-state index contributed by atoms with van der Waals surface area (Å²) in [5, 5.41) is 5.34. The van der Waals surface area contributed by atoms with Crippen LogP contribution in [0, 0.1) is 0 Å². The highest BCUT2D eigenvalue weighted by molar-refractivity contribution is 5.92. The topological polar surface area (TPSA) is 21.1 Å². The van der Waals surface area contributed by atoms with E-state index in [9.17, 15) is 0 Å². The van der Waals surface area contributed by atoms with Gasteiger partial charge in [0.25, 0.3) is 0 Å². The van der Waals surface area contributed by atoms with Gasteiger partial charge in [-0.25, -0.2) is 4.68 Å². The van der Waals surface area contributed by atoms with Crippen molar-refractivity contribution in [3.63, 3.8) is 0 Å². The van der Waals surface area contributed by atoms with Crippen LogP contribution in [-0.4, -0.2) is 9.78 Å². The first-order chi connectivity index (χ1) is 32.7. The summed E-state index contributed by atoms with van der Waals surface area (Å²) in [4.78, 5) is 2.30. The molecule has 312 valence electrons. The molecule has 0 fully saturated rings. The second-order valence-corrected chi connectivity index (χ2v) is 16.4. The fourth-order valence-electron chi connectivity index (χ4n) is 9.02. The van der Waals surface area contributed by atoms with Gasteiger partial charge in [0.05, 0.1) is 17.1 Å². The van der Waals surface area contributed by atoms with Gasteiger partial charge in [-0.3, -0.25) is 0 Å². The zero-order valence-electron chi connectivity index (χ0n) is 36.3. The molecule has 0 aliphatic heterocycles. The molecule has 3 nitrogen and oxygen atoms in total. The largest absolute Gasteiger partial charge is 0.311 e. The molecule has 0 N–H and O–H groups in total. The van der Waals surface area contributed by atoms with E-state index in [0.717, 1.165) is 67.5 Å². The van der Waals surface area contributed by atoms with Crippen molar-refractivity contribution < 1.29 is 0 Å². The van der Waals surface area contributed by atoms with Gasteiger partial charge >= 0.3 is 0 Å². The van der Waals surface area contributed by atoms with Crippen molar-refractivity contribution in [2.24, 2.45) is 0 Å². The molecule has 0 atom stereocenters. The molecule has 3 heteroatoms. The maximum Gasteiger partial charge on any atom is 0.0934 e. The quantitative estimate of drug-likeness (QED) is 0.129. The van der Waals surface area contributed by atoms with Crippen LogP contribution in [0.1, 0.15) is 0 Å². The van der Waals surface area contributed by atoms with Crippen molar-refractivity contribution >= 4 is 17.1 Å². The van der Waals surface area contributed by atoms with Crippen molar-refractivity contribution in [3.05, 3.63) is 273 Å². The summed E-state index contributed by atoms with van der Waals surface area (Å²) in [7, 11) is 0. The molecule has 1 aromatic heterocycles. The molecule has 0 unspecified atom stereocenters. The third-order valence-corrected chi connectivity index (χ3v) is 12.3. The van der Waals surface area contributed by atoms with Crippen LogP contribution in [0.15, 0.2) is 273 Å². The fraction of sp³-hybridized carbons (Fsp3) is 0. The Hall–Kier alpha value is -8.79. The first-order valence-corrected chi connectivity index (χ1v) is 22.5. The second-order valence-electron chi connectivity index (χ2n) is 16.4. The van der Waals surface area contributed by atoms with Gasteiger partial charge in [0.2, 0.25) is 0 Å². The monoisotopic (exact) mass is 843 g/mol. The standard InChI is InChI=1S/C63H45N3/c1-5-19-46(20-6-1)50-23-17-25-52(43-50)62-45-63(53-26-18-24-51(44-53)47-21-7-2-8-22-47)66(64-62)57-41-37-49(38-42-57)59-32-14-16-34-61(59)60-33-15-13-31-58(60)48-35-39-56(40-36-48)65(54-27-9-3-10-28-54)55-29-11-4-12-30-55/h1-45H. The zero-order chi connectivity index (χ0) is 44.1. The van der Waals surface area contributed by atoms with Gasteiger partial charge in [0.15, 0.2) is 0 Å². The van der Waals surface area contributed by atoms with E-state index >= 15 is 0 Å². The Morgan fingerprint density at radius 2 is 0.636 bits per heavy atom. The predicted molar refractivity (Wildman–Crippen MR) is 276 cm³/mol. The maximum atomic E-state index is 5.34. The summed E-state index contributed by atoms with van der Waals surface area (Å²) in [5.74, 6) is 0. The third-order valence-electron chi connectivity index (χ3n) is 12.3. The normalized spacial score (nSPS) is 11.0. The van der Waals surface area contributed by atoms with Crippen LogP contribution in [0.4, 0.5) is 17.1 Å². The second kappa shape index (κ2) is 18.1. The predicted octanol–water partition coefficient (Wildman–Crippen LogP) is 17.0. The molecule has 0 bridgehead atoms. The molecule has 0 aliphatic rings. The Labute approximate surface area is 386 Å². The number of hydrogen-bond acceptors (Lipinski definition) is 2. The van der Waals surface area contributed by atoms with Gasteiger partial charge in [0.1, 0.15) is 0 Å². The minimum atomic E-state index is 0.916. The molecular formula is C63H45N3. The summed E-state index contributed by atoms with van der Waals surface area (Å²) >= 11 is 0. The highest BCUT2D eigenvalue weighted by Crippen LogP contribution is 2.41. The van der Waals surface area contributed by atoms with Crippen LogP contribution in [0.2, 0.25) is 0 Å². The molecule has 0 radical (unpaired) electrons. The van der Waals surface area contributed by atoms with Gasteiger partial charge in [-0.15, -0.1) is 0 Å². The molecule has 10 aromatic carbocycles. The number of anilines is 3. The number of rotatable bonds is 11. The van der Waals surface area contributed by atoms with Crippen molar-refractivity contribution in [1.29, 1.82) is 0 Å². The highest BCUT2D eigenvalue weighted by Gasteiger charge is 2.18. The Morgan fingerprint density at radius 1 is 0.258 bits per heavy atom. The Kier molecular flexibility index (Phi) is 11.0. The summed E-state index contributed by atoms with van der Waals surface area (Å²) in [6, 6.07) is 97.1. The SMILES string of the molecule is c1ccc(-c2cccc(-c3cc(-c4cccc(-c5ccccc5)c4)n(-c4ccc(-c5ccccc5-c5ccccc5-c5ccc(N(c6ccccc6)c6ccccc6)cc5)cc4)n3)c2)cc1. The van der Waals surface area contributed by atoms with Crippen molar-refractivity contribution in [1.82, 2.24) is 9.78 Å². The molecule has 0 aliphatic carbocycles. The lowest BCUT2D eigenvalue weighted by atomic mass is 9.89. The van der Waals surface area contributed by atoms with E-state index in [0.29, 0.717) is 0 Å². The zero-order valence-corrected chi connectivity index (χ0v) is 36.3. The van der Waals surface area contributed by atoms with E-state index in [-0.39, 0.29) is 0 Å². The van der Waals surface area contributed by atoms with Crippen molar-refractivity contribution in [2.45, 2.75) is 0 Å². The number of benzene rings is 10. The van der Waals surface area contributed by atoms with E-state index in [1.165, 1.54) is 33.4 Å². The lowest BCUT2D eigenvalue weighted by Crippen LogP contribution is -2.09. The maximum absolute atomic E-state index is 5.34. The first kappa shape index (κ1) is 40.0. The lowest BCUT2D eigenvalue weighted by Gasteiger charge is -2.25. The smallest absolute Gasteiger partial charge is 0.0934 e. The van der Waals surface area contributed by atoms with Crippen LogP contribution in [0.3, 0.4) is 0 Å². The summed E-state index contributed by atoms with van der Waals surface area (Å²) in [6.45, 7) is 0. The fourth-order valence-corrected chi connectivity index (χ4v) is 9.02. The summed E-state index contributed by atoms with van der Waals surface area (Å²) in [5.41, 5.74) is 20.1. The molecule has 0 spiro atoms. The van der Waals surface area contributed by atoms with Gasteiger partial charge in [-0.2, -0.15) is 5.10 Å². The minimum absolute atomic E-state index is 0.916. The van der Waals surface area contributed by atoms with Gasteiger partial charge in [-0.05, 0) is 122 Å². The molecule has 1 heterocycles. The van der Waals surface area contributed by atoms with Gasteiger partial charge in [-0.1, -0.05) is 206 Å². The van der Waals surface area contributed by atoms with E-state index in [1.807, 2.05) is 0 Å². The molecular weight excluding hydrogens is 799 g/mol. The molecule has 0 saturated heterocycles. The molecule has 0 amide bonds.